The van der Waals surface area contributed by atoms with Crippen molar-refractivity contribution >= 4 is 63.6 Å². The van der Waals surface area contributed by atoms with E-state index in [1.54, 1.807) is 18.0 Å². The Morgan fingerprint density at radius 2 is 2.00 bits per heavy atom. The van der Waals surface area contributed by atoms with Gasteiger partial charge in [0.15, 0.2) is 5.82 Å². The van der Waals surface area contributed by atoms with Crippen LogP contribution >= 0.6 is 57.4 Å². The van der Waals surface area contributed by atoms with Crippen molar-refractivity contribution in [1.29, 1.82) is 0 Å². The van der Waals surface area contributed by atoms with Crippen LogP contribution < -0.4 is 4.74 Å². The molecule has 0 fully saturated rings. The number of methoxy groups -OCH3 is 1. The van der Waals surface area contributed by atoms with Crippen LogP contribution in [-0.2, 0) is 0 Å². The molecular weight excluding hydrogens is 550 g/mol. The summed E-state index contributed by atoms with van der Waals surface area (Å²) in [5, 5.41) is 11.6. The first-order chi connectivity index (χ1) is 11.6. The van der Waals surface area contributed by atoms with Gasteiger partial charge < -0.3 is 4.74 Å². The second-order valence-electron chi connectivity index (χ2n) is 4.78. The van der Waals surface area contributed by atoms with E-state index in [2.05, 4.69) is 66.5 Å². The summed E-state index contributed by atoms with van der Waals surface area (Å²) >= 11 is 9.82. The number of rotatable bonds is 4. The lowest BCUT2D eigenvalue weighted by molar-refractivity contribution is 0.411. The summed E-state index contributed by atoms with van der Waals surface area (Å²) in [4.78, 5) is 0. The van der Waals surface area contributed by atoms with Crippen LogP contribution in [0.25, 0.3) is 11.4 Å². The summed E-state index contributed by atoms with van der Waals surface area (Å²) < 4.78 is 9.67. The van der Waals surface area contributed by atoms with Gasteiger partial charge in [0.05, 0.1) is 16.9 Å². The number of hydrogen-bond donors (Lipinski definition) is 1. The lowest BCUT2D eigenvalue weighted by Gasteiger charge is -2.08. The van der Waals surface area contributed by atoms with Crippen molar-refractivity contribution in [2.75, 3.05) is 7.11 Å². The minimum atomic E-state index is 0.435. The molecule has 0 aliphatic carbocycles. The number of aromatic nitrogens is 3. The quantitative estimate of drug-likeness (QED) is 0.285. The summed E-state index contributed by atoms with van der Waals surface area (Å²) in [6.07, 6.45) is 1.74. The van der Waals surface area contributed by atoms with Gasteiger partial charge in [-0.25, -0.2) is 5.10 Å². The van der Waals surface area contributed by atoms with Crippen LogP contribution in [0.3, 0.4) is 0 Å². The number of ether oxygens (including phenoxy) is 1. The van der Waals surface area contributed by atoms with E-state index in [1.807, 2.05) is 36.4 Å². The SMILES string of the molecule is COc1c(I)cc(I)cc1/C=N\n1c(-c2ccccc2)n[nH]c1=S. The predicted molar refractivity (Wildman–Crippen MR) is 114 cm³/mol. The first kappa shape index (κ1) is 17.5. The summed E-state index contributed by atoms with van der Waals surface area (Å²) in [6.45, 7) is 0. The van der Waals surface area contributed by atoms with E-state index < -0.39 is 0 Å². The smallest absolute Gasteiger partial charge is 0.216 e. The molecule has 5 nitrogen and oxygen atoms in total. The first-order valence-corrected chi connectivity index (χ1v) is 9.47. The minimum absolute atomic E-state index is 0.435. The highest BCUT2D eigenvalue weighted by molar-refractivity contribution is 14.1. The van der Waals surface area contributed by atoms with Crippen LogP contribution in [0.1, 0.15) is 5.56 Å². The molecule has 2 aromatic carbocycles. The zero-order chi connectivity index (χ0) is 17.1. The van der Waals surface area contributed by atoms with Crippen molar-refractivity contribution < 1.29 is 4.74 Å². The maximum absolute atomic E-state index is 5.49. The van der Waals surface area contributed by atoms with Gasteiger partial charge >= 0.3 is 0 Å². The van der Waals surface area contributed by atoms with E-state index in [9.17, 15) is 0 Å². The van der Waals surface area contributed by atoms with Gasteiger partial charge in [0.1, 0.15) is 5.75 Å². The number of halogens is 2. The summed E-state index contributed by atoms with van der Waals surface area (Å²) in [5.74, 6) is 1.45. The molecule has 1 heterocycles. The molecule has 0 unspecified atom stereocenters. The topological polar surface area (TPSA) is 55.2 Å². The van der Waals surface area contributed by atoms with Crippen LogP contribution in [0.2, 0.25) is 0 Å². The van der Waals surface area contributed by atoms with Gasteiger partial charge in [-0.2, -0.15) is 14.9 Å². The first-order valence-electron chi connectivity index (χ1n) is 6.90. The normalized spacial score (nSPS) is 11.1. The Labute approximate surface area is 171 Å². The molecule has 0 radical (unpaired) electrons. The van der Waals surface area contributed by atoms with Crippen molar-refractivity contribution in [3.8, 4) is 17.1 Å². The van der Waals surface area contributed by atoms with E-state index >= 15 is 0 Å². The fraction of sp³-hybridized carbons (Fsp3) is 0.0625. The van der Waals surface area contributed by atoms with E-state index in [0.717, 1.165) is 24.0 Å². The van der Waals surface area contributed by atoms with Crippen molar-refractivity contribution in [3.63, 3.8) is 0 Å². The van der Waals surface area contributed by atoms with Gasteiger partial charge in [-0.3, -0.25) is 0 Å². The minimum Gasteiger partial charge on any atom is -0.495 e. The third kappa shape index (κ3) is 3.70. The molecule has 0 amide bonds. The van der Waals surface area contributed by atoms with Gasteiger partial charge in [0.2, 0.25) is 4.77 Å². The molecule has 0 aliphatic heterocycles. The molecule has 1 aromatic heterocycles. The third-order valence-corrected chi connectivity index (χ3v) is 4.92. The van der Waals surface area contributed by atoms with Crippen LogP contribution in [0, 0.1) is 11.9 Å². The molecule has 0 saturated heterocycles. The molecule has 0 aliphatic rings. The third-order valence-electron chi connectivity index (χ3n) is 3.24. The van der Waals surface area contributed by atoms with Crippen LogP contribution in [-0.4, -0.2) is 28.2 Å². The molecule has 3 rings (SSSR count). The van der Waals surface area contributed by atoms with E-state index in [1.165, 1.54) is 0 Å². The number of nitrogens with one attached hydrogen (secondary N) is 1. The van der Waals surface area contributed by atoms with E-state index in [-0.39, 0.29) is 0 Å². The van der Waals surface area contributed by atoms with Gasteiger partial charge in [-0.05, 0) is 69.5 Å². The zero-order valence-corrected chi connectivity index (χ0v) is 17.7. The lowest BCUT2D eigenvalue weighted by atomic mass is 10.2. The molecule has 0 saturated carbocycles. The van der Waals surface area contributed by atoms with E-state index in [0.29, 0.717) is 10.6 Å². The Bertz CT molecular complexity index is 950. The number of nitrogens with zero attached hydrogens (tertiary/aromatic N) is 3. The van der Waals surface area contributed by atoms with E-state index in [4.69, 9.17) is 17.0 Å². The Hall–Kier alpha value is -1.27. The molecule has 24 heavy (non-hydrogen) atoms. The van der Waals surface area contributed by atoms with Crippen molar-refractivity contribution in [2.45, 2.75) is 0 Å². The zero-order valence-electron chi connectivity index (χ0n) is 12.5. The van der Waals surface area contributed by atoms with Gasteiger partial charge in [0.25, 0.3) is 0 Å². The Balaban J connectivity index is 2.06. The summed E-state index contributed by atoms with van der Waals surface area (Å²) in [6, 6.07) is 13.8. The fourth-order valence-corrected chi connectivity index (χ4v) is 4.47. The molecule has 0 spiro atoms. The maximum atomic E-state index is 5.49. The van der Waals surface area contributed by atoms with Gasteiger partial charge in [0, 0.05) is 14.7 Å². The van der Waals surface area contributed by atoms with Gasteiger partial charge in [-0.1, -0.05) is 30.3 Å². The standard InChI is InChI=1S/C16H12I2N4OS/c1-23-14-11(7-12(17)8-13(14)18)9-19-22-15(20-21-16(22)24)10-5-3-2-4-6-10/h2-9H,1H3,(H,21,24)/b19-9-. The molecule has 0 bridgehead atoms. The van der Waals surface area contributed by atoms with Crippen molar-refractivity contribution in [1.82, 2.24) is 14.9 Å². The highest BCUT2D eigenvalue weighted by atomic mass is 127. The molecular formula is C16H12I2N4OS. The van der Waals surface area contributed by atoms with Crippen LogP contribution in [0.4, 0.5) is 0 Å². The fourth-order valence-electron chi connectivity index (χ4n) is 2.18. The summed E-state index contributed by atoms with van der Waals surface area (Å²) in [7, 11) is 1.65. The lowest BCUT2D eigenvalue weighted by Crippen LogP contribution is -1.98. The Kier molecular flexibility index (Phi) is 5.66. The van der Waals surface area contributed by atoms with Crippen LogP contribution in [0.15, 0.2) is 47.6 Å². The number of benzene rings is 2. The second kappa shape index (κ2) is 7.74. The molecule has 1 N–H and O–H groups in total. The highest BCUT2D eigenvalue weighted by Gasteiger charge is 2.10. The molecule has 122 valence electrons. The Morgan fingerprint density at radius 1 is 1.25 bits per heavy atom. The largest absolute Gasteiger partial charge is 0.495 e. The maximum Gasteiger partial charge on any atom is 0.216 e. The average molecular weight is 562 g/mol. The Morgan fingerprint density at radius 3 is 2.71 bits per heavy atom. The monoisotopic (exact) mass is 562 g/mol. The molecule has 0 atom stereocenters. The number of aromatic amines is 1. The highest BCUT2D eigenvalue weighted by Crippen LogP contribution is 2.27. The van der Waals surface area contributed by atoms with Crippen LogP contribution in [0.5, 0.6) is 5.75 Å². The summed E-state index contributed by atoms with van der Waals surface area (Å²) in [5.41, 5.74) is 1.82. The second-order valence-corrected chi connectivity index (χ2v) is 7.58. The molecule has 3 aromatic rings. The van der Waals surface area contributed by atoms with Crippen molar-refractivity contribution in [2.24, 2.45) is 5.10 Å². The predicted octanol–water partition coefficient (Wildman–Crippen LogP) is 4.71. The molecule has 8 heteroatoms. The average Bonchev–Trinajstić information content (AvgIpc) is 2.94. The van der Waals surface area contributed by atoms with Gasteiger partial charge in [-0.15, -0.1) is 0 Å². The number of H-pyrrole nitrogens is 1. The number of hydrogen-bond acceptors (Lipinski definition) is 4. The van der Waals surface area contributed by atoms with Crippen molar-refractivity contribution in [3.05, 3.63) is 59.9 Å².